The summed E-state index contributed by atoms with van der Waals surface area (Å²) in [4.78, 5) is 14.7. The molecule has 1 aromatic carbocycles. The van der Waals surface area contributed by atoms with E-state index in [9.17, 15) is 13.2 Å². The van der Waals surface area contributed by atoms with Gasteiger partial charge in [0.25, 0.3) is 10.0 Å². The van der Waals surface area contributed by atoms with Gasteiger partial charge < -0.3 is 4.90 Å². The third kappa shape index (κ3) is 4.29. The van der Waals surface area contributed by atoms with Crippen LogP contribution in [0.1, 0.15) is 29.5 Å². The molecule has 0 spiro atoms. The Labute approximate surface area is 173 Å². The third-order valence-corrected chi connectivity index (χ3v) is 8.88. The predicted molar refractivity (Wildman–Crippen MR) is 111 cm³/mol. The molecule has 0 radical (unpaired) electrons. The average molecular weight is 471 g/mol. The average Bonchev–Trinajstić information content (AvgIpc) is 3.26. The summed E-state index contributed by atoms with van der Waals surface area (Å²) in [6.07, 6.45) is 1.25. The molecule has 1 fully saturated rings. The Morgan fingerprint density at radius 3 is 2.67 bits per heavy atom. The first-order valence-corrected chi connectivity index (χ1v) is 11.8. The van der Waals surface area contributed by atoms with Crippen LogP contribution in [-0.4, -0.2) is 43.2 Å². The maximum absolute atomic E-state index is 13.0. The van der Waals surface area contributed by atoms with Gasteiger partial charge in [0.05, 0.1) is 3.79 Å². The molecule has 1 unspecified atom stereocenters. The summed E-state index contributed by atoms with van der Waals surface area (Å²) in [5, 5.41) is 0. The van der Waals surface area contributed by atoms with Crippen LogP contribution in [0.3, 0.4) is 0 Å². The summed E-state index contributed by atoms with van der Waals surface area (Å²) in [6.45, 7) is 4.92. The standard InChI is InChI=1S/C19H23BrN2O3S2/c1-13-6-7-15(14(2)11-13)12-21(3)19(23)16-5-4-10-22(16)27(24,25)18-9-8-17(20)26-18/h6-9,11,16H,4-5,10,12H2,1-3H3. The van der Waals surface area contributed by atoms with E-state index >= 15 is 0 Å². The molecule has 0 saturated carbocycles. The van der Waals surface area contributed by atoms with Crippen molar-refractivity contribution < 1.29 is 13.2 Å². The van der Waals surface area contributed by atoms with E-state index in [1.807, 2.05) is 26.0 Å². The van der Waals surface area contributed by atoms with E-state index in [0.717, 1.165) is 14.9 Å². The summed E-state index contributed by atoms with van der Waals surface area (Å²) in [7, 11) is -1.92. The van der Waals surface area contributed by atoms with Gasteiger partial charge >= 0.3 is 0 Å². The third-order valence-electron chi connectivity index (χ3n) is 4.88. The first kappa shape index (κ1) is 20.5. The molecule has 5 nitrogen and oxygen atoms in total. The number of hydrogen-bond acceptors (Lipinski definition) is 4. The Hall–Kier alpha value is -1.22. The van der Waals surface area contributed by atoms with Gasteiger partial charge in [-0.15, -0.1) is 11.3 Å². The van der Waals surface area contributed by atoms with Crippen LogP contribution >= 0.6 is 27.3 Å². The van der Waals surface area contributed by atoms with Gasteiger partial charge in [-0.1, -0.05) is 23.8 Å². The minimum atomic E-state index is -3.66. The highest BCUT2D eigenvalue weighted by Crippen LogP contribution is 2.33. The fourth-order valence-corrected chi connectivity index (χ4v) is 7.23. The topological polar surface area (TPSA) is 57.7 Å². The van der Waals surface area contributed by atoms with Crippen molar-refractivity contribution in [2.75, 3.05) is 13.6 Å². The van der Waals surface area contributed by atoms with Crippen molar-refractivity contribution in [2.45, 2.75) is 43.5 Å². The highest BCUT2D eigenvalue weighted by Gasteiger charge is 2.41. The maximum Gasteiger partial charge on any atom is 0.253 e. The molecule has 2 aromatic rings. The Morgan fingerprint density at radius 2 is 2.04 bits per heavy atom. The predicted octanol–water partition coefficient (Wildman–Crippen LogP) is 3.94. The molecule has 3 rings (SSSR count). The van der Waals surface area contributed by atoms with Gasteiger partial charge in [-0.05, 0) is 65.9 Å². The number of benzene rings is 1. The number of aryl methyl sites for hydroxylation is 2. The fraction of sp³-hybridized carbons (Fsp3) is 0.421. The molecule has 0 bridgehead atoms. The van der Waals surface area contributed by atoms with Crippen LogP contribution in [0, 0.1) is 13.8 Å². The second-order valence-electron chi connectivity index (χ2n) is 6.96. The molecule has 27 heavy (non-hydrogen) atoms. The number of thiophene rings is 1. The Morgan fingerprint density at radius 1 is 1.30 bits per heavy atom. The quantitative estimate of drug-likeness (QED) is 0.664. The number of carbonyl (C=O) groups is 1. The van der Waals surface area contributed by atoms with Crippen molar-refractivity contribution in [3.8, 4) is 0 Å². The first-order chi connectivity index (χ1) is 12.7. The van der Waals surface area contributed by atoms with Gasteiger partial charge in [0.15, 0.2) is 0 Å². The number of halogens is 1. The van der Waals surface area contributed by atoms with Crippen molar-refractivity contribution >= 4 is 43.2 Å². The molecule has 146 valence electrons. The molecule has 2 heterocycles. The van der Waals surface area contributed by atoms with Crippen LogP contribution in [-0.2, 0) is 21.4 Å². The number of nitrogens with zero attached hydrogens (tertiary/aromatic N) is 2. The lowest BCUT2D eigenvalue weighted by atomic mass is 10.1. The smallest absolute Gasteiger partial charge is 0.253 e. The van der Waals surface area contributed by atoms with Crippen molar-refractivity contribution in [1.29, 1.82) is 0 Å². The minimum absolute atomic E-state index is 0.147. The zero-order valence-corrected chi connectivity index (χ0v) is 18.8. The van der Waals surface area contributed by atoms with Gasteiger partial charge in [0, 0.05) is 20.1 Å². The van der Waals surface area contributed by atoms with Crippen LogP contribution in [0.2, 0.25) is 0 Å². The molecule has 1 saturated heterocycles. The van der Waals surface area contributed by atoms with E-state index < -0.39 is 16.1 Å². The van der Waals surface area contributed by atoms with Crippen LogP contribution in [0.25, 0.3) is 0 Å². The van der Waals surface area contributed by atoms with E-state index in [2.05, 4.69) is 22.0 Å². The fourth-order valence-electron chi connectivity index (χ4n) is 3.44. The van der Waals surface area contributed by atoms with Gasteiger partial charge in [0.2, 0.25) is 5.91 Å². The Kier molecular flexibility index (Phi) is 6.10. The molecule has 0 N–H and O–H groups in total. The SMILES string of the molecule is Cc1ccc(CN(C)C(=O)C2CCCN2S(=O)(=O)c2ccc(Br)s2)c(C)c1. The van der Waals surface area contributed by atoms with Crippen molar-refractivity contribution in [3.05, 3.63) is 50.8 Å². The van der Waals surface area contributed by atoms with Crippen molar-refractivity contribution in [1.82, 2.24) is 9.21 Å². The van der Waals surface area contributed by atoms with E-state index in [4.69, 9.17) is 0 Å². The second kappa shape index (κ2) is 8.03. The molecule has 0 aliphatic carbocycles. The van der Waals surface area contributed by atoms with Crippen molar-refractivity contribution in [3.63, 3.8) is 0 Å². The van der Waals surface area contributed by atoms with Gasteiger partial charge in [-0.25, -0.2) is 8.42 Å². The number of rotatable bonds is 5. The lowest BCUT2D eigenvalue weighted by Gasteiger charge is -2.27. The van der Waals surface area contributed by atoms with E-state index in [-0.39, 0.29) is 10.1 Å². The van der Waals surface area contributed by atoms with Crippen LogP contribution in [0.15, 0.2) is 38.3 Å². The van der Waals surface area contributed by atoms with Crippen LogP contribution in [0.4, 0.5) is 0 Å². The highest BCUT2D eigenvalue weighted by molar-refractivity contribution is 9.11. The van der Waals surface area contributed by atoms with E-state index in [1.54, 1.807) is 24.1 Å². The van der Waals surface area contributed by atoms with Crippen LogP contribution in [0.5, 0.6) is 0 Å². The van der Waals surface area contributed by atoms with E-state index in [1.165, 1.54) is 21.2 Å². The second-order valence-corrected chi connectivity index (χ2v) is 11.5. The van der Waals surface area contributed by atoms with Gasteiger partial charge in [-0.3, -0.25) is 4.79 Å². The molecule has 1 atom stereocenters. The highest BCUT2D eigenvalue weighted by atomic mass is 79.9. The number of carbonyl (C=O) groups excluding carboxylic acids is 1. The number of sulfonamides is 1. The summed E-state index contributed by atoms with van der Waals surface area (Å²) in [5.41, 5.74) is 3.39. The molecule has 1 aliphatic heterocycles. The first-order valence-electron chi connectivity index (χ1n) is 8.78. The summed E-state index contributed by atoms with van der Waals surface area (Å²) in [5.74, 6) is -0.147. The normalized spacial score (nSPS) is 18.0. The number of hydrogen-bond donors (Lipinski definition) is 0. The monoisotopic (exact) mass is 470 g/mol. The van der Waals surface area contributed by atoms with E-state index in [0.29, 0.717) is 25.9 Å². The Bertz CT molecular complexity index is 956. The van der Waals surface area contributed by atoms with Crippen LogP contribution < -0.4 is 0 Å². The summed E-state index contributed by atoms with van der Waals surface area (Å²) in [6, 6.07) is 8.82. The Balaban J connectivity index is 1.78. The lowest BCUT2D eigenvalue weighted by molar-refractivity contribution is -0.133. The number of likely N-dealkylation sites (N-methyl/N-ethyl adjacent to an activating group) is 1. The zero-order valence-electron chi connectivity index (χ0n) is 15.6. The van der Waals surface area contributed by atoms with Gasteiger partial charge in [0.1, 0.15) is 10.3 Å². The summed E-state index contributed by atoms with van der Waals surface area (Å²) >= 11 is 4.48. The number of amides is 1. The van der Waals surface area contributed by atoms with Crippen molar-refractivity contribution in [2.24, 2.45) is 0 Å². The molecule has 1 amide bonds. The maximum atomic E-state index is 13.0. The molecule has 8 heteroatoms. The molecular weight excluding hydrogens is 448 g/mol. The lowest BCUT2D eigenvalue weighted by Crippen LogP contribution is -2.46. The zero-order chi connectivity index (χ0) is 19.8. The molecule has 1 aromatic heterocycles. The molecular formula is C19H23BrN2O3S2. The van der Waals surface area contributed by atoms with Gasteiger partial charge in [-0.2, -0.15) is 4.31 Å². The molecule has 1 aliphatic rings. The largest absolute Gasteiger partial charge is 0.340 e. The minimum Gasteiger partial charge on any atom is -0.340 e. The summed E-state index contributed by atoms with van der Waals surface area (Å²) < 4.78 is 28.4.